The van der Waals surface area contributed by atoms with E-state index in [1.54, 1.807) is 11.3 Å². The summed E-state index contributed by atoms with van der Waals surface area (Å²) in [6.45, 7) is 6.30. The lowest BCUT2D eigenvalue weighted by atomic mass is 10.3. The Balaban J connectivity index is 0.00000200. The number of carbonyl (C=O) groups excluding carboxylic acids is 1. The van der Waals surface area contributed by atoms with E-state index in [0.717, 1.165) is 44.3 Å². The van der Waals surface area contributed by atoms with Crippen molar-refractivity contribution in [1.82, 2.24) is 15.2 Å². The zero-order chi connectivity index (χ0) is 13.7. The largest absolute Gasteiger partial charge is 0.345 e. The summed E-state index contributed by atoms with van der Waals surface area (Å²) in [5.41, 5.74) is 0. The molecule has 0 bridgehead atoms. The molecule has 122 valence electrons. The first-order chi connectivity index (χ1) is 9.24. The average molecular weight is 355 g/mol. The Morgan fingerprint density at radius 1 is 1.33 bits per heavy atom. The normalized spacial score (nSPS) is 14.4. The molecule has 21 heavy (non-hydrogen) atoms. The smallest absolute Gasteiger partial charge is 0.223 e. The van der Waals surface area contributed by atoms with Gasteiger partial charge in [0.05, 0.1) is 0 Å². The number of hydrogen-bond acceptors (Lipinski definition) is 5. The number of amides is 1. The number of nitrogens with one attached hydrogen (secondary N) is 1. The minimum Gasteiger partial charge on any atom is -0.345 e. The lowest BCUT2D eigenvalue weighted by Crippen LogP contribution is -2.49. The fourth-order valence-electron chi connectivity index (χ4n) is 2.14. The molecule has 1 N–H and O–H groups in total. The first-order valence-electron chi connectivity index (χ1n) is 6.86. The Hall–Kier alpha value is -0.560. The van der Waals surface area contributed by atoms with Crippen molar-refractivity contribution in [2.24, 2.45) is 0 Å². The maximum atomic E-state index is 11.9. The highest BCUT2D eigenvalue weighted by atomic mass is 35.5. The van der Waals surface area contributed by atoms with Gasteiger partial charge in [0.25, 0.3) is 0 Å². The summed E-state index contributed by atoms with van der Waals surface area (Å²) in [6, 6.07) is 0. The zero-order valence-corrected chi connectivity index (χ0v) is 15.0. The maximum absolute atomic E-state index is 11.9. The molecule has 2 rings (SSSR count). The molecule has 2 heterocycles. The number of thiazole rings is 1. The van der Waals surface area contributed by atoms with Crippen LogP contribution in [0, 0.1) is 0 Å². The Kier molecular flexibility index (Phi) is 9.94. The molecule has 1 fully saturated rings. The van der Waals surface area contributed by atoms with E-state index in [1.165, 1.54) is 4.88 Å². The number of anilines is 1. The van der Waals surface area contributed by atoms with Crippen LogP contribution < -0.4 is 10.2 Å². The van der Waals surface area contributed by atoms with Crippen LogP contribution in [0.2, 0.25) is 0 Å². The molecule has 1 aromatic rings. The topological polar surface area (TPSA) is 48.5 Å². The zero-order valence-electron chi connectivity index (χ0n) is 12.5. The van der Waals surface area contributed by atoms with E-state index in [4.69, 9.17) is 0 Å². The lowest BCUT2D eigenvalue weighted by molar-refractivity contribution is -0.131. The fourth-order valence-corrected chi connectivity index (χ4v) is 3.05. The fraction of sp³-hybridized carbons (Fsp3) is 0.692. The van der Waals surface area contributed by atoms with Crippen LogP contribution in [0.1, 0.15) is 18.2 Å². The summed E-state index contributed by atoms with van der Waals surface area (Å²) in [4.78, 5) is 21.9. The van der Waals surface area contributed by atoms with Crippen LogP contribution in [-0.4, -0.2) is 55.6 Å². The van der Waals surface area contributed by atoms with E-state index in [2.05, 4.69) is 22.1 Å². The summed E-state index contributed by atoms with van der Waals surface area (Å²) in [5.74, 6) is 0.252. The van der Waals surface area contributed by atoms with Gasteiger partial charge in [0.15, 0.2) is 5.13 Å². The van der Waals surface area contributed by atoms with Crippen LogP contribution in [0.15, 0.2) is 6.20 Å². The molecule has 0 aliphatic carbocycles. The molecule has 1 aromatic heterocycles. The second kappa shape index (κ2) is 10.2. The molecule has 0 unspecified atom stereocenters. The number of rotatable bonds is 5. The SMILES string of the molecule is CCc1cnc(N2CCN(C(=O)CCNC)CC2)s1.Cl.Cl. The van der Waals surface area contributed by atoms with Gasteiger partial charge in [-0.1, -0.05) is 6.92 Å². The Labute approximate surface area is 142 Å². The second-order valence-corrected chi connectivity index (χ2v) is 5.78. The predicted molar refractivity (Wildman–Crippen MR) is 93.3 cm³/mol. The first-order valence-corrected chi connectivity index (χ1v) is 7.68. The molecule has 1 amide bonds. The molecular weight excluding hydrogens is 331 g/mol. The van der Waals surface area contributed by atoms with E-state index in [-0.39, 0.29) is 30.7 Å². The highest BCUT2D eigenvalue weighted by Gasteiger charge is 2.22. The van der Waals surface area contributed by atoms with Gasteiger partial charge >= 0.3 is 0 Å². The van der Waals surface area contributed by atoms with Gasteiger partial charge in [-0.2, -0.15) is 0 Å². The van der Waals surface area contributed by atoms with Crippen LogP contribution in [0.4, 0.5) is 5.13 Å². The van der Waals surface area contributed by atoms with Gasteiger partial charge in [0, 0.05) is 50.2 Å². The van der Waals surface area contributed by atoms with Crippen LogP contribution in [0.25, 0.3) is 0 Å². The summed E-state index contributed by atoms with van der Waals surface area (Å²) in [6.07, 6.45) is 3.60. The summed E-state index contributed by atoms with van der Waals surface area (Å²) in [7, 11) is 1.87. The van der Waals surface area contributed by atoms with Gasteiger partial charge in [0.1, 0.15) is 0 Å². The van der Waals surface area contributed by atoms with Crippen molar-refractivity contribution in [2.75, 3.05) is 44.7 Å². The van der Waals surface area contributed by atoms with Crippen molar-refractivity contribution in [3.63, 3.8) is 0 Å². The molecule has 1 aliphatic rings. The summed E-state index contributed by atoms with van der Waals surface area (Å²) < 4.78 is 0. The van der Waals surface area contributed by atoms with Crippen LogP contribution in [0.5, 0.6) is 0 Å². The lowest BCUT2D eigenvalue weighted by Gasteiger charge is -2.34. The Morgan fingerprint density at radius 2 is 2.00 bits per heavy atom. The average Bonchev–Trinajstić information content (AvgIpc) is 2.94. The molecule has 5 nitrogen and oxygen atoms in total. The molecule has 0 saturated carbocycles. The molecule has 0 spiro atoms. The highest BCUT2D eigenvalue weighted by Crippen LogP contribution is 2.23. The monoisotopic (exact) mass is 354 g/mol. The van der Waals surface area contributed by atoms with Gasteiger partial charge in [-0.15, -0.1) is 36.2 Å². The molecular formula is C13H24Cl2N4OS. The van der Waals surface area contributed by atoms with Crippen molar-refractivity contribution < 1.29 is 4.79 Å². The van der Waals surface area contributed by atoms with Crippen LogP contribution >= 0.6 is 36.2 Å². The van der Waals surface area contributed by atoms with Crippen molar-refractivity contribution >= 4 is 47.2 Å². The predicted octanol–water partition coefficient (Wildman–Crippen LogP) is 1.81. The number of aryl methyl sites for hydroxylation is 1. The molecule has 1 aliphatic heterocycles. The molecule has 1 saturated heterocycles. The van der Waals surface area contributed by atoms with Crippen molar-refractivity contribution in [3.05, 3.63) is 11.1 Å². The first kappa shape index (κ1) is 20.4. The standard InChI is InChI=1S/C13H22N4OS.2ClH/c1-3-11-10-15-13(19-11)17-8-6-16(7-9-17)12(18)4-5-14-2;;/h10,14H,3-9H2,1-2H3;2*1H. The third-order valence-electron chi connectivity index (χ3n) is 3.38. The van der Waals surface area contributed by atoms with E-state index in [1.807, 2.05) is 18.1 Å². The number of nitrogens with zero attached hydrogens (tertiary/aromatic N) is 3. The van der Waals surface area contributed by atoms with Crippen molar-refractivity contribution in [1.29, 1.82) is 0 Å². The number of carbonyl (C=O) groups is 1. The van der Waals surface area contributed by atoms with Gasteiger partial charge < -0.3 is 15.1 Å². The Bertz CT molecular complexity index is 422. The number of hydrogen-bond donors (Lipinski definition) is 1. The molecule has 0 radical (unpaired) electrons. The maximum Gasteiger partial charge on any atom is 0.223 e. The van der Waals surface area contributed by atoms with E-state index in [0.29, 0.717) is 6.42 Å². The highest BCUT2D eigenvalue weighted by molar-refractivity contribution is 7.15. The third kappa shape index (κ3) is 5.62. The third-order valence-corrected chi connectivity index (χ3v) is 4.58. The minimum atomic E-state index is 0. The second-order valence-electron chi connectivity index (χ2n) is 4.68. The van der Waals surface area contributed by atoms with Crippen LogP contribution in [0.3, 0.4) is 0 Å². The molecule has 8 heteroatoms. The van der Waals surface area contributed by atoms with Gasteiger partial charge in [-0.25, -0.2) is 4.98 Å². The molecule has 0 aromatic carbocycles. The summed E-state index contributed by atoms with van der Waals surface area (Å²) in [5, 5.41) is 4.11. The van der Waals surface area contributed by atoms with Crippen molar-refractivity contribution in [3.8, 4) is 0 Å². The summed E-state index contributed by atoms with van der Waals surface area (Å²) >= 11 is 1.76. The molecule has 0 atom stereocenters. The van der Waals surface area contributed by atoms with Crippen molar-refractivity contribution in [2.45, 2.75) is 19.8 Å². The quantitative estimate of drug-likeness (QED) is 0.875. The van der Waals surface area contributed by atoms with Gasteiger partial charge in [0.2, 0.25) is 5.91 Å². The van der Waals surface area contributed by atoms with E-state index < -0.39 is 0 Å². The van der Waals surface area contributed by atoms with E-state index >= 15 is 0 Å². The van der Waals surface area contributed by atoms with Gasteiger partial charge in [-0.05, 0) is 13.5 Å². The number of piperazine rings is 1. The van der Waals surface area contributed by atoms with E-state index in [9.17, 15) is 4.79 Å². The van der Waals surface area contributed by atoms with Crippen LogP contribution in [-0.2, 0) is 11.2 Å². The minimum absolute atomic E-state index is 0. The van der Waals surface area contributed by atoms with Gasteiger partial charge in [-0.3, -0.25) is 4.79 Å². The Morgan fingerprint density at radius 3 is 2.52 bits per heavy atom. The number of halogens is 2. The number of aromatic nitrogens is 1.